The van der Waals surface area contributed by atoms with Crippen molar-refractivity contribution in [1.82, 2.24) is 14.5 Å². The van der Waals surface area contributed by atoms with Crippen LogP contribution in [0.25, 0.3) is 10.9 Å². The maximum absolute atomic E-state index is 12.8. The number of hydrogen-bond donors (Lipinski definition) is 0. The average molecular weight is 482 g/mol. The lowest BCUT2D eigenvalue weighted by atomic mass is 9.68. The van der Waals surface area contributed by atoms with Crippen molar-refractivity contribution in [2.75, 3.05) is 20.7 Å². The standard InChI is InChI=1S/C25H28BrN3O2/c1-28-15-18-10-23-25(31-3,20-5-4-6-21(28)24(18)20)11-16(14-29(23)2)7-8-22(30)17-9-19(26)13-27-12-17/h4-6,9,12-13,15-16,23H,7-8,10-11,14H2,1-3H3. The van der Waals surface area contributed by atoms with E-state index in [2.05, 4.69) is 68.9 Å². The third kappa shape index (κ3) is 3.36. The van der Waals surface area contributed by atoms with Gasteiger partial charge < -0.3 is 9.30 Å². The van der Waals surface area contributed by atoms with E-state index in [0.717, 1.165) is 30.3 Å². The Hall–Kier alpha value is -2.02. The average Bonchev–Trinajstić information content (AvgIpc) is 3.09. The fourth-order valence-electron chi connectivity index (χ4n) is 5.95. The number of fused-ring (bicyclic) bond motifs is 2. The first kappa shape index (κ1) is 20.9. The topological polar surface area (TPSA) is 47.4 Å². The lowest BCUT2D eigenvalue weighted by Gasteiger charge is -2.53. The van der Waals surface area contributed by atoms with Gasteiger partial charge in [0.1, 0.15) is 5.60 Å². The fourth-order valence-corrected chi connectivity index (χ4v) is 6.32. The van der Waals surface area contributed by atoms with Crippen LogP contribution in [0.15, 0.2) is 47.3 Å². The summed E-state index contributed by atoms with van der Waals surface area (Å²) < 4.78 is 9.47. The first-order valence-corrected chi connectivity index (χ1v) is 11.7. The van der Waals surface area contributed by atoms with Crippen LogP contribution in [0.4, 0.5) is 0 Å². The third-order valence-electron chi connectivity index (χ3n) is 7.34. The van der Waals surface area contributed by atoms with Gasteiger partial charge in [-0.15, -0.1) is 0 Å². The Bertz CT molecular complexity index is 1160. The van der Waals surface area contributed by atoms with Crippen LogP contribution >= 0.6 is 15.9 Å². The number of aromatic nitrogens is 2. The number of likely N-dealkylation sites (N-methyl/N-ethyl adjacent to an activating group) is 1. The molecule has 6 heteroatoms. The second kappa shape index (κ2) is 7.84. The Morgan fingerprint density at radius 2 is 2.16 bits per heavy atom. The molecule has 1 fully saturated rings. The number of nitrogens with zero attached hydrogens (tertiary/aromatic N) is 3. The smallest absolute Gasteiger partial charge is 0.164 e. The van der Waals surface area contributed by atoms with Crippen molar-refractivity contribution in [3.63, 3.8) is 0 Å². The van der Waals surface area contributed by atoms with E-state index >= 15 is 0 Å². The maximum atomic E-state index is 12.8. The van der Waals surface area contributed by atoms with E-state index in [1.165, 1.54) is 22.0 Å². The van der Waals surface area contributed by atoms with Gasteiger partial charge in [0.25, 0.3) is 0 Å². The predicted octanol–water partition coefficient (Wildman–Crippen LogP) is 4.72. The molecule has 1 aliphatic heterocycles. The first-order valence-electron chi connectivity index (χ1n) is 10.9. The number of ether oxygens (including phenoxy) is 1. The Balaban J connectivity index is 1.44. The Morgan fingerprint density at radius 3 is 2.94 bits per heavy atom. The quantitative estimate of drug-likeness (QED) is 0.494. The molecule has 3 heterocycles. The largest absolute Gasteiger partial charge is 0.372 e. The summed E-state index contributed by atoms with van der Waals surface area (Å²) in [6, 6.07) is 8.75. The minimum atomic E-state index is -0.341. The van der Waals surface area contributed by atoms with Gasteiger partial charge in [-0.25, -0.2) is 0 Å². The molecule has 3 aromatic rings. The van der Waals surface area contributed by atoms with Crippen molar-refractivity contribution >= 4 is 32.6 Å². The molecule has 0 spiro atoms. The molecule has 162 valence electrons. The molecule has 0 radical (unpaired) electrons. The Morgan fingerprint density at radius 1 is 1.32 bits per heavy atom. The second-order valence-corrected chi connectivity index (χ2v) is 10.1. The molecule has 1 aliphatic carbocycles. The number of aryl methyl sites for hydroxylation is 1. The zero-order valence-electron chi connectivity index (χ0n) is 18.3. The van der Waals surface area contributed by atoms with Crippen LogP contribution in [0.1, 0.15) is 40.7 Å². The van der Waals surface area contributed by atoms with Crippen molar-refractivity contribution < 1.29 is 9.53 Å². The van der Waals surface area contributed by atoms with Crippen LogP contribution in [-0.2, 0) is 23.8 Å². The summed E-state index contributed by atoms with van der Waals surface area (Å²) in [7, 11) is 6.19. The molecule has 5 rings (SSSR count). The number of carbonyl (C=O) groups is 1. The van der Waals surface area contributed by atoms with Gasteiger partial charge in [0.05, 0.1) is 0 Å². The van der Waals surface area contributed by atoms with E-state index in [0.29, 0.717) is 23.9 Å². The van der Waals surface area contributed by atoms with Gasteiger partial charge in [-0.05, 0) is 71.4 Å². The molecule has 5 nitrogen and oxygen atoms in total. The highest BCUT2D eigenvalue weighted by molar-refractivity contribution is 9.10. The minimum Gasteiger partial charge on any atom is -0.372 e. The molecule has 2 aromatic heterocycles. The predicted molar refractivity (Wildman–Crippen MR) is 125 cm³/mol. The van der Waals surface area contributed by atoms with Gasteiger partial charge in [0.15, 0.2) is 5.78 Å². The number of rotatable bonds is 5. The molecule has 0 N–H and O–H groups in total. The SMILES string of the molecule is COC12CC(CCC(=O)c3cncc(Br)c3)CN(C)C1Cc1cn(C)c3cccc2c13. The zero-order chi connectivity index (χ0) is 21.8. The monoisotopic (exact) mass is 481 g/mol. The third-order valence-corrected chi connectivity index (χ3v) is 7.78. The molecule has 0 amide bonds. The summed E-state index contributed by atoms with van der Waals surface area (Å²) in [6.07, 6.45) is 8.96. The van der Waals surface area contributed by atoms with Crippen LogP contribution in [0, 0.1) is 5.92 Å². The summed E-state index contributed by atoms with van der Waals surface area (Å²) in [6.45, 7) is 0.984. The van der Waals surface area contributed by atoms with Gasteiger partial charge in [0, 0.05) is 72.7 Å². The van der Waals surface area contributed by atoms with Crippen LogP contribution < -0.4 is 0 Å². The van der Waals surface area contributed by atoms with Gasteiger partial charge in [-0.2, -0.15) is 0 Å². The minimum absolute atomic E-state index is 0.154. The maximum Gasteiger partial charge on any atom is 0.164 e. The Labute approximate surface area is 191 Å². The number of methoxy groups -OCH3 is 1. The lowest BCUT2D eigenvalue weighted by molar-refractivity contribution is -0.126. The molecule has 1 aromatic carbocycles. The number of halogens is 1. The lowest BCUT2D eigenvalue weighted by Crippen LogP contribution is -2.59. The van der Waals surface area contributed by atoms with Crippen molar-refractivity contribution in [1.29, 1.82) is 0 Å². The van der Waals surface area contributed by atoms with Crippen LogP contribution in [0.3, 0.4) is 0 Å². The highest BCUT2D eigenvalue weighted by Gasteiger charge is 2.51. The van der Waals surface area contributed by atoms with Crippen molar-refractivity contribution in [2.24, 2.45) is 13.0 Å². The molecule has 0 bridgehead atoms. The zero-order valence-corrected chi connectivity index (χ0v) is 19.9. The number of Topliss-reactive ketones (excluding diaryl/α,β-unsaturated/α-hetero) is 1. The summed E-state index contributed by atoms with van der Waals surface area (Å²) in [5, 5.41) is 1.36. The first-order chi connectivity index (χ1) is 14.9. The molecule has 1 saturated heterocycles. The number of piperidine rings is 1. The molecule has 3 atom stereocenters. The van der Waals surface area contributed by atoms with Gasteiger partial charge in [-0.1, -0.05) is 12.1 Å². The highest BCUT2D eigenvalue weighted by Crippen LogP contribution is 2.50. The number of hydrogen-bond acceptors (Lipinski definition) is 4. The normalized spacial score (nSPS) is 25.5. The van der Waals surface area contributed by atoms with E-state index in [-0.39, 0.29) is 11.4 Å². The summed E-state index contributed by atoms with van der Waals surface area (Å²) >= 11 is 3.41. The van der Waals surface area contributed by atoms with Crippen LogP contribution in [0.5, 0.6) is 0 Å². The summed E-state index contributed by atoms with van der Waals surface area (Å²) in [5.41, 5.74) is 4.32. The van der Waals surface area contributed by atoms with Crippen molar-refractivity contribution in [3.05, 3.63) is 64.0 Å². The van der Waals surface area contributed by atoms with Gasteiger partial charge in [0.2, 0.25) is 0 Å². The van der Waals surface area contributed by atoms with Crippen molar-refractivity contribution in [2.45, 2.75) is 37.3 Å². The van der Waals surface area contributed by atoms with E-state index in [9.17, 15) is 4.79 Å². The van der Waals surface area contributed by atoms with E-state index in [1.807, 2.05) is 13.2 Å². The van der Waals surface area contributed by atoms with E-state index < -0.39 is 0 Å². The van der Waals surface area contributed by atoms with E-state index in [4.69, 9.17) is 4.74 Å². The van der Waals surface area contributed by atoms with Crippen LogP contribution in [-0.4, -0.2) is 47.0 Å². The van der Waals surface area contributed by atoms with Crippen LogP contribution in [0.2, 0.25) is 0 Å². The molecular weight excluding hydrogens is 454 g/mol. The molecule has 31 heavy (non-hydrogen) atoms. The molecule has 2 aliphatic rings. The van der Waals surface area contributed by atoms with Crippen molar-refractivity contribution in [3.8, 4) is 0 Å². The Kier molecular flexibility index (Phi) is 5.27. The summed E-state index contributed by atoms with van der Waals surface area (Å²) in [5.74, 6) is 0.548. The second-order valence-electron chi connectivity index (χ2n) is 9.14. The molecule has 3 unspecified atom stereocenters. The number of carbonyl (C=O) groups excluding carboxylic acids is 1. The van der Waals surface area contributed by atoms with E-state index in [1.54, 1.807) is 12.4 Å². The van der Waals surface area contributed by atoms with Gasteiger partial charge >= 0.3 is 0 Å². The molecule has 0 saturated carbocycles. The highest BCUT2D eigenvalue weighted by atomic mass is 79.9. The molecular formula is C25H28BrN3O2. The fraction of sp³-hybridized carbons (Fsp3) is 0.440. The number of ketones is 1. The van der Waals surface area contributed by atoms with Gasteiger partial charge in [-0.3, -0.25) is 14.7 Å². The number of likely N-dealkylation sites (tertiary alicyclic amines) is 1. The number of benzene rings is 1. The number of pyridine rings is 1. The summed E-state index contributed by atoms with van der Waals surface area (Å²) in [4.78, 5) is 19.4.